The van der Waals surface area contributed by atoms with E-state index in [0.29, 0.717) is 10.9 Å². The first-order chi connectivity index (χ1) is 13.7. The van der Waals surface area contributed by atoms with E-state index in [0.717, 1.165) is 31.4 Å². The normalized spacial score (nSPS) is 18.4. The minimum Gasteiger partial charge on any atom is -0.278 e. The highest BCUT2D eigenvalue weighted by atomic mass is 35.5. The van der Waals surface area contributed by atoms with Crippen molar-refractivity contribution in [2.24, 2.45) is 11.0 Å². The minimum atomic E-state index is -3.96. The largest absolute Gasteiger partial charge is 0.278 e. The van der Waals surface area contributed by atoms with Crippen molar-refractivity contribution in [3.8, 4) is 0 Å². The van der Waals surface area contributed by atoms with Crippen LogP contribution < -0.4 is 10.1 Å². The van der Waals surface area contributed by atoms with Gasteiger partial charge >= 0.3 is 0 Å². The Morgan fingerprint density at radius 1 is 1.17 bits per heavy atom. The minimum absolute atomic E-state index is 0.0693. The molecular formula is C20H21Cl2N3O3S. The number of hydrogen-bond donors (Lipinski definition) is 2. The van der Waals surface area contributed by atoms with Gasteiger partial charge in [0.15, 0.2) is 0 Å². The van der Waals surface area contributed by atoms with Gasteiger partial charge in [0.1, 0.15) is 0 Å². The van der Waals surface area contributed by atoms with Crippen molar-refractivity contribution in [2.45, 2.75) is 37.5 Å². The number of anilines is 1. The van der Waals surface area contributed by atoms with Crippen LogP contribution in [0.15, 0.2) is 52.5 Å². The Kier molecular flexibility index (Phi) is 6.82. The first-order valence-electron chi connectivity index (χ1n) is 9.18. The molecule has 1 fully saturated rings. The van der Waals surface area contributed by atoms with Crippen LogP contribution >= 0.6 is 23.2 Å². The molecule has 1 amide bonds. The Morgan fingerprint density at radius 3 is 2.72 bits per heavy atom. The van der Waals surface area contributed by atoms with Crippen LogP contribution in [-0.2, 0) is 10.0 Å². The molecule has 0 radical (unpaired) electrons. The molecule has 1 atom stereocenters. The molecule has 2 N–H and O–H groups in total. The van der Waals surface area contributed by atoms with E-state index in [2.05, 4.69) is 22.2 Å². The number of benzene rings is 2. The molecule has 0 bridgehead atoms. The van der Waals surface area contributed by atoms with Crippen molar-refractivity contribution < 1.29 is 13.2 Å². The van der Waals surface area contributed by atoms with Gasteiger partial charge in [0.05, 0.1) is 15.6 Å². The number of nitrogens with zero attached hydrogens (tertiary/aromatic N) is 1. The van der Waals surface area contributed by atoms with Crippen LogP contribution in [0.5, 0.6) is 0 Å². The number of carbonyl (C=O) groups is 1. The molecule has 2 aromatic carbocycles. The fourth-order valence-corrected chi connectivity index (χ4v) is 4.65. The van der Waals surface area contributed by atoms with Crippen LogP contribution in [0.4, 0.5) is 5.69 Å². The number of nitrogens with one attached hydrogen (secondary N) is 2. The molecule has 6 nitrogen and oxygen atoms in total. The van der Waals surface area contributed by atoms with Gasteiger partial charge < -0.3 is 0 Å². The molecule has 0 aromatic heterocycles. The lowest BCUT2D eigenvalue weighted by atomic mass is 9.89. The molecule has 29 heavy (non-hydrogen) atoms. The number of rotatable bonds is 5. The SMILES string of the molecule is CC1CCCC(=NNC(=O)c2cccc(S(=O)(=O)Nc3cc(Cl)ccc3Cl)c2)C1. The molecule has 0 heterocycles. The zero-order chi connectivity index (χ0) is 21.0. The van der Waals surface area contributed by atoms with Gasteiger partial charge in [-0.25, -0.2) is 13.8 Å². The molecule has 0 aliphatic heterocycles. The van der Waals surface area contributed by atoms with Crippen molar-refractivity contribution in [1.82, 2.24) is 5.43 Å². The Morgan fingerprint density at radius 2 is 1.97 bits per heavy atom. The van der Waals surface area contributed by atoms with Crippen molar-refractivity contribution in [3.63, 3.8) is 0 Å². The van der Waals surface area contributed by atoms with Crippen LogP contribution in [0.3, 0.4) is 0 Å². The Balaban J connectivity index is 1.76. The van der Waals surface area contributed by atoms with Gasteiger partial charge in [-0.05, 0) is 68.0 Å². The molecule has 0 spiro atoms. The van der Waals surface area contributed by atoms with E-state index in [1.165, 1.54) is 36.4 Å². The molecule has 2 aromatic rings. The third-order valence-electron chi connectivity index (χ3n) is 4.64. The molecule has 1 aliphatic rings. The molecule has 3 rings (SSSR count). The predicted molar refractivity (Wildman–Crippen MR) is 116 cm³/mol. The van der Waals surface area contributed by atoms with E-state index in [9.17, 15) is 13.2 Å². The number of sulfonamides is 1. The first kappa shape index (κ1) is 21.6. The van der Waals surface area contributed by atoms with E-state index < -0.39 is 15.9 Å². The summed E-state index contributed by atoms with van der Waals surface area (Å²) in [4.78, 5) is 12.4. The van der Waals surface area contributed by atoms with Crippen molar-refractivity contribution in [1.29, 1.82) is 0 Å². The van der Waals surface area contributed by atoms with Crippen molar-refractivity contribution in [2.75, 3.05) is 4.72 Å². The number of hydrazone groups is 1. The highest BCUT2D eigenvalue weighted by Gasteiger charge is 2.19. The van der Waals surface area contributed by atoms with Gasteiger partial charge in [0.25, 0.3) is 15.9 Å². The van der Waals surface area contributed by atoms with Crippen molar-refractivity contribution in [3.05, 3.63) is 58.1 Å². The topological polar surface area (TPSA) is 87.6 Å². The first-order valence-corrected chi connectivity index (χ1v) is 11.4. The van der Waals surface area contributed by atoms with E-state index in [4.69, 9.17) is 23.2 Å². The van der Waals surface area contributed by atoms with Crippen LogP contribution in [0.1, 0.15) is 43.0 Å². The second-order valence-corrected chi connectivity index (χ2v) is 9.60. The quantitative estimate of drug-likeness (QED) is 0.617. The Bertz CT molecular complexity index is 1050. The van der Waals surface area contributed by atoms with Gasteiger partial charge in [0.2, 0.25) is 0 Å². The highest BCUT2D eigenvalue weighted by Crippen LogP contribution is 2.28. The molecule has 0 saturated heterocycles. The lowest BCUT2D eigenvalue weighted by Crippen LogP contribution is -2.22. The van der Waals surface area contributed by atoms with E-state index in [1.807, 2.05) is 0 Å². The van der Waals surface area contributed by atoms with Gasteiger partial charge in [-0.3, -0.25) is 9.52 Å². The smallest absolute Gasteiger partial charge is 0.271 e. The standard InChI is InChI=1S/C20H21Cl2N3O3S/c1-13-4-2-6-16(10-13)23-24-20(26)14-5-3-7-17(11-14)29(27,28)25-19-12-15(21)8-9-18(19)22/h3,5,7-9,11-13,25H,2,4,6,10H2,1H3,(H,24,26). The number of carbonyl (C=O) groups excluding carboxylic acids is 1. The molecular weight excluding hydrogens is 433 g/mol. The maximum Gasteiger partial charge on any atom is 0.271 e. The summed E-state index contributed by atoms with van der Waals surface area (Å²) in [5.41, 5.74) is 3.84. The molecule has 1 unspecified atom stereocenters. The van der Waals surface area contributed by atoms with Crippen LogP contribution in [0.2, 0.25) is 10.0 Å². The third kappa shape index (κ3) is 5.72. The Hall–Kier alpha value is -2.09. The lowest BCUT2D eigenvalue weighted by Gasteiger charge is -2.18. The van der Waals surface area contributed by atoms with Crippen molar-refractivity contribution >= 4 is 50.5 Å². The summed E-state index contributed by atoms with van der Waals surface area (Å²) in [5, 5.41) is 4.77. The number of hydrogen-bond acceptors (Lipinski definition) is 4. The van der Waals surface area contributed by atoms with Gasteiger partial charge in [-0.1, -0.05) is 36.2 Å². The summed E-state index contributed by atoms with van der Waals surface area (Å²) in [6.45, 7) is 2.16. The fourth-order valence-electron chi connectivity index (χ4n) is 3.14. The summed E-state index contributed by atoms with van der Waals surface area (Å²) in [6.07, 6.45) is 3.94. The van der Waals surface area contributed by atoms with Crippen LogP contribution in [-0.4, -0.2) is 20.0 Å². The summed E-state index contributed by atoms with van der Waals surface area (Å²) >= 11 is 11.9. The Labute approximate surface area is 180 Å². The highest BCUT2D eigenvalue weighted by molar-refractivity contribution is 7.92. The predicted octanol–water partition coefficient (Wildman–Crippen LogP) is 5.09. The maximum atomic E-state index is 12.7. The summed E-state index contributed by atoms with van der Waals surface area (Å²) in [6, 6.07) is 10.2. The van der Waals surface area contributed by atoms with Crippen LogP contribution in [0, 0.1) is 5.92 Å². The van der Waals surface area contributed by atoms with E-state index >= 15 is 0 Å². The average Bonchev–Trinajstić information content (AvgIpc) is 2.69. The van der Waals surface area contributed by atoms with Gasteiger partial charge in [-0.15, -0.1) is 0 Å². The van der Waals surface area contributed by atoms with Gasteiger partial charge in [-0.2, -0.15) is 5.10 Å². The molecule has 1 saturated carbocycles. The fraction of sp³-hybridized carbons (Fsp3) is 0.300. The third-order valence-corrected chi connectivity index (χ3v) is 6.57. The summed E-state index contributed by atoms with van der Waals surface area (Å²) in [7, 11) is -3.96. The van der Waals surface area contributed by atoms with Gasteiger partial charge in [0, 0.05) is 16.3 Å². The monoisotopic (exact) mass is 453 g/mol. The van der Waals surface area contributed by atoms with Crippen LogP contribution in [0.25, 0.3) is 0 Å². The van der Waals surface area contributed by atoms with E-state index in [1.54, 1.807) is 6.07 Å². The summed E-state index contributed by atoms with van der Waals surface area (Å²) < 4.78 is 27.8. The van der Waals surface area contributed by atoms with E-state index in [-0.39, 0.29) is 21.2 Å². The zero-order valence-electron chi connectivity index (χ0n) is 15.8. The molecule has 154 valence electrons. The molecule has 9 heteroatoms. The number of halogens is 2. The zero-order valence-corrected chi connectivity index (χ0v) is 18.1. The number of amides is 1. The second-order valence-electron chi connectivity index (χ2n) is 7.08. The second kappa shape index (κ2) is 9.15. The summed E-state index contributed by atoms with van der Waals surface area (Å²) in [5.74, 6) is 0.0887. The average molecular weight is 454 g/mol. The molecule has 1 aliphatic carbocycles. The lowest BCUT2D eigenvalue weighted by molar-refractivity contribution is 0.0954. The maximum absolute atomic E-state index is 12.7.